The zero-order chi connectivity index (χ0) is 19.4. The van der Waals surface area contributed by atoms with Gasteiger partial charge in [-0.2, -0.15) is 5.26 Å². The SMILES string of the molecule is COc1ccccc1C=C(C#N)C(=O)Nc1sc2c(c1C(N)=O)CCCC2. The van der Waals surface area contributed by atoms with Gasteiger partial charge in [-0.05, 0) is 43.4 Å². The van der Waals surface area contributed by atoms with Crippen molar-refractivity contribution in [3.63, 3.8) is 0 Å². The third kappa shape index (κ3) is 3.86. The number of hydrogen-bond acceptors (Lipinski definition) is 5. The number of para-hydroxylation sites is 1. The van der Waals surface area contributed by atoms with Gasteiger partial charge in [0, 0.05) is 10.4 Å². The van der Waals surface area contributed by atoms with Crippen molar-refractivity contribution in [2.45, 2.75) is 25.7 Å². The molecule has 0 bridgehead atoms. The number of hydrogen-bond donors (Lipinski definition) is 2. The van der Waals surface area contributed by atoms with E-state index in [9.17, 15) is 14.9 Å². The second-order valence-electron chi connectivity index (χ2n) is 6.15. The highest BCUT2D eigenvalue weighted by atomic mass is 32.1. The summed E-state index contributed by atoms with van der Waals surface area (Å²) in [5, 5.41) is 12.6. The third-order valence-electron chi connectivity index (χ3n) is 4.45. The summed E-state index contributed by atoms with van der Waals surface area (Å²) >= 11 is 1.37. The van der Waals surface area contributed by atoms with Gasteiger partial charge in [-0.1, -0.05) is 18.2 Å². The molecule has 0 saturated carbocycles. The van der Waals surface area contributed by atoms with E-state index in [2.05, 4.69) is 5.32 Å². The van der Waals surface area contributed by atoms with Gasteiger partial charge in [0.15, 0.2) is 0 Å². The summed E-state index contributed by atoms with van der Waals surface area (Å²) in [6.45, 7) is 0. The number of rotatable bonds is 5. The minimum atomic E-state index is -0.579. The fourth-order valence-corrected chi connectivity index (χ4v) is 4.46. The molecule has 1 aromatic heterocycles. The van der Waals surface area contributed by atoms with E-state index in [4.69, 9.17) is 10.5 Å². The van der Waals surface area contributed by atoms with Crippen molar-refractivity contribution in [2.75, 3.05) is 12.4 Å². The molecule has 0 fully saturated rings. The zero-order valence-electron chi connectivity index (χ0n) is 14.9. The molecule has 0 aliphatic heterocycles. The minimum absolute atomic E-state index is 0.0821. The number of aryl methyl sites for hydroxylation is 1. The van der Waals surface area contributed by atoms with Gasteiger partial charge in [-0.25, -0.2) is 0 Å². The quantitative estimate of drug-likeness (QED) is 0.612. The smallest absolute Gasteiger partial charge is 0.266 e. The van der Waals surface area contributed by atoms with Crippen molar-refractivity contribution in [1.82, 2.24) is 0 Å². The number of primary amides is 1. The molecule has 7 heteroatoms. The van der Waals surface area contributed by atoms with E-state index in [1.165, 1.54) is 24.5 Å². The van der Waals surface area contributed by atoms with Gasteiger partial charge < -0.3 is 15.8 Å². The lowest BCUT2D eigenvalue weighted by Crippen LogP contribution is -2.19. The lowest BCUT2D eigenvalue weighted by molar-refractivity contribution is -0.112. The third-order valence-corrected chi connectivity index (χ3v) is 5.66. The molecular weight excluding hydrogens is 362 g/mol. The standard InChI is InChI=1S/C20H19N3O3S/c1-26-15-8-4-2-6-12(15)10-13(11-21)19(25)23-20-17(18(22)24)14-7-3-5-9-16(14)27-20/h2,4,6,8,10H,3,5,7,9H2,1H3,(H2,22,24)(H,23,25). The average Bonchev–Trinajstić information content (AvgIpc) is 3.04. The Balaban J connectivity index is 1.92. The molecule has 0 atom stereocenters. The van der Waals surface area contributed by atoms with Crippen LogP contribution in [0.2, 0.25) is 0 Å². The second kappa shape index (κ2) is 8.06. The van der Waals surface area contributed by atoms with E-state index in [0.29, 0.717) is 21.9 Å². The topological polar surface area (TPSA) is 105 Å². The van der Waals surface area contributed by atoms with Crippen molar-refractivity contribution < 1.29 is 14.3 Å². The van der Waals surface area contributed by atoms with Crippen molar-refractivity contribution >= 4 is 34.2 Å². The van der Waals surface area contributed by atoms with Gasteiger partial charge in [0.25, 0.3) is 11.8 Å². The molecule has 1 heterocycles. The summed E-state index contributed by atoms with van der Waals surface area (Å²) in [6.07, 6.45) is 5.16. The fraction of sp³-hybridized carbons (Fsp3) is 0.250. The van der Waals surface area contributed by atoms with Gasteiger partial charge in [0.05, 0.1) is 12.7 Å². The first-order chi connectivity index (χ1) is 13.0. The molecule has 1 aliphatic carbocycles. The van der Waals surface area contributed by atoms with Gasteiger partial charge >= 0.3 is 0 Å². The zero-order valence-corrected chi connectivity index (χ0v) is 15.7. The van der Waals surface area contributed by atoms with Crippen LogP contribution in [0.3, 0.4) is 0 Å². The van der Waals surface area contributed by atoms with E-state index in [0.717, 1.165) is 36.1 Å². The molecule has 0 saturated heterocycles. The van der Waals surface area contributed by atoms with Crippen molar-refractivity contribution in [1.29, 1.82) is 5.26 Å². The predicted molar refractivity (Wildman–Crippen MR) is 105 cm³/mol. The highest BCUT2D eigenvalue weighted by Gasteiger charge is 2.25. The molecule has 27 heavy (non-hydrogen) atoms. The maximum Gasteiger partial charge on any atom is 0.266 e. The van der Waals surface area contributed by atoms with Gasteiger partial charge in [-0.15, -0.1) is 11.3 Å². The number of benzene rings is 1. The average molecular weight is 381 g/mol. The maximum atomic E-state index is 12.6. The van der Waals surface area contributed by atoms with Crippen molar-refractivity contribution in [3.8, 4) is 11.8 Å². The van der Waals surface area contributed by atoms with Crippen LogP contribution in [0, 0.1) is 11.3 Å². The maximum absolute atomic E-state index is 12.6. The van der Waals surface area contributed by atoms with Crippen molar-refractivity contribution in [3.05, 3.63) is 51.4 Å². The molecule has 138 valence electrons. The number of anilines is 1. The molecular formula is C20H19N3O3S. The number of nitrogens with two attached hydrogens (primary N) is 1. The number of nitrogens with zero attached hydrogens (tertiary/aromatic N) is 1. The van der Waals surface area contributed by atoms with E-state index in [1.54, 1.807) is 24.3 Å². The molecule has 0 unspecified atom stereocenters. The van der Waals surface area contributed by atoms with Crippen LogP contribution in [0.5, 0.6) is 5.75 Å². The van der Waals surface area contributed by atoms with Gasteiger partial charge in [0.1, 0.15) is 22.4 Å². The summed E-state index contributed by atoms with van der Waals surface area (Å²) in [7, 11) is 1.52. The molecule has 1 aliphatic rings. The van der Waals surface area contributed by atoms with E-state index >= 15 is 0 Å². The first kappa shape index (κ1) is 18.7. The van der Waals surface area contributed by atoms with Crippen LogP contribution >= 0.6 is 11.3 Å². The van der Waals surface area contributed by atoms with Crippen LogP contribution in [0.15, 0.2) is 29.8 Å². The van der Waals surface area contributed by atoms with Crippen LogP contribution < -0.4 is 15.8 Å². The molecule has 3 N–H and O–H groups in total. The molecule has 1 aromatic carbocycles. The fourth-order valence-electron chi connectivity index (χ4n) is 3.17. The number of nitrogens with one attached hydrogen (secondary N) is 1. The molecule has 2 aromatic rings. The second-order valence-corrected chi connectivity index (χ2v) is 7.25. The lowest BCUT2D eigenvalue weighted by atomic mass is 9.95. The summed E-state index contributed by atoms with van der Waals surface area (Å²) in [4.78, 5) is 25.7. The van der Waals surface area contributed by atoms with Crippen LogP contribution in [0.25, 0.3) is 6.08 Å². The Morgan fingerprint density at radius 1 is 1.30 bits per heavy atom. The van der Waals surface area contributed by atoms with Crippen molar-refractivity contribution in [2.24, 2.45) is 5.73 Å². The normalized spacial score (nSPS) is 13.4. The monoisotopic (exact) mass is 381 g/mol. The van der Waals surface area contributed by atoms with Crippen LogP contribution in [0.1, 0.15) is 39.2 Å². The highest BCUT2D eigenvalue weighted by Crippen LogP contribution is 2.38. The van der Waals surface area contributed by atoms with Crippen LogP contribution in [-0.4, -0.2) is 18.9 Å². The Kier molecular flexibility index (Phi) is 5.57. The number of methoxy groups -OCH3 is 1. The predicted octanol–water partition coefficient (Wildman–Crippen LogP) is 3.28. The Morgan fingerprint density at radius 2 is 2.04 bits per heavy atom. The Labute approximate surface area is 161 Å². The Hall–Kier alpha value is -3.11. The number of thiophene rings is 1. The molecule has 0 radical (unpaired) electrons. The molecule has 0 spiro atoms. The largest absolute Gasteiger partial charge is 0.496 e. The van der Waals surface area contributed by atoms with Crippen LogP contribution in [0.4, 0.5) is 5.00 Å². The summed E-state index contributed by atoms with van der Waals surface area (Å²) in [5.41, 5.74) is 7.39. The lowest BCUT2D eigenvalue weighted by Gasteiger charge is -2.11. The first-order valence-corrected chi connectivity index (χ1v) is 9.37. The number of amides is 2. The number of nitriles is 1. The van der Waals surface area contributed by atoms with E-state index in [1.807, 2.05) is 6.07 Å². The highest BCUT2D eigenvalue weighted by molar-refractivity contribution is 7.17. The summed E-state index contributed by atoms with van der Waals surface area (Å²) < 4.78 is 5.25. The number of ether oxygens (including phenoxy) is 1. The molecule has 3 rings (SSSR count). The first-order valence-electron chi connectivity index (χ1n) is 8.55. The molecule has 6 nitrogen and oxygen atoms in total. The minimum Gasteiger partial charge on any atom is -0.496 e. The summed E-state index contributed by atoms with van der Waals surface area (Å²) in [5.74, 6) is -0.580. The van der Waals surface area contributed by atoms with Crippen LogP contribution in [-0.2, 0) is 17.6 Å². The van der Waals surface area contributed by atoms with E-state index < -0.39 is 11.8 Å². The Bertz CT molecular complexity index is 969. The van der Waals surface area contributed by atoms with Gasteiger partial charge in [-0.3, -0.25) is 9.59 Å². The van der Waals surface area contributed by atoms with Gasteiger partial charge in [0.2, 0.25) is 0 Å². The number of carbonyl (C=O) groups excluding carboxylic acids is 2. The molecule has 2 amide bonds. The Morgan fingerprint density at radius 3 is 2.74 bits per heavy atom. The number of fused-ring (bicyclic) bond motifs is 1. The number of carbonyl (C=O) groups is 2. The summed E-state index contributed by atoms with van der Waals surface area (Å²) in [6, 6.07) is 9.01. The van der Waals surface area contributed by atoms with E-state index in [-0.39, 0.29) is 5.57 Å².